The van der Waals surface area contributed by atoms with Crippen molar-refractivity contribution >= 4 is 6.09 Å². The Morgan fingerprint density at radius 2 is 1.89 bits per heavy atom. The van der Waals surface area contributed by atoms with Crippen LogP contribution < -0.4 is 4.74 Å². The minimum absolute atomic E-state index is 0.00641. The van der Waals surface area contributed by atoms with Gasteiger partial charge in [0, 0.05) is 19.6 Å². The molecular formula is C22H26FNO4. The molecule has 1 aliphatic rings. The summed E-state index contributed by atoms with van der Waals surface area (Å²) in [6.45, 7) is 2.48. The average molecular weight is 387 g/mol. The molecule has 1 saturated heterocycles. The second-order valence-corrected chi connectivity index (χ2v) is 7.09. The molecule has 1 amide bonds. The third-order valence-electron chi connectivity index (χ3n) is 5.45. The lowest BCUT2D eigenvalue weighted by molar-refractivity contribution is -0.0680. The summed E-state index contributed by atoms with van der Waals surface area (Å²) in [6.07, 6.45) is 1.16. The Bertz CT molecular complexity index is 793. The summed E-state index contributed by atoms with van der Waals surface area (Å²) < 4.78 is 24.5. The number of nitrogens with zero attached hydrogens (tertiary/aromatic N) is 1. The Balaban J connectivity index is 1.80. The molecule has 28 heavy (non-hydrogen) atoms. The van der Waals surface area contributed by atoms with Gasteiger partial charge in [0.1, 0.15) is 17.2 Å². The standard InChI is InChI=1S/C22H26FNO4/c1-16(17-4-10-20(27-2)11-5-17)24-14-13-22(12-3-15-25,28-21(24)26)18-6-8-19(23)9-7-18/h4-11,16,25H,3,12-15H2,1-2H3/t16-,22?/m0/s1. The molecule has 0 radical (unpaired) electrons. The minimum Gasteiger partial charge on any atom is -0.497 e. The molecule has 1 aliphatic heterocycles. The van der Waals surface area contributed by atoms with Crippen LogP contribution in [0.15, 0.2) is 48.5 Å². The van der Waals surface area contributed by atoms with Crippen LogP contribution >= 0.6 is 0 Å². The number of benzene rings is 2. The first-order chi connectivity index (χ1) is 13.5. The molecule has 0 aliphatic carbocycles. The third kappa shape index (κ3) is 4.12. The van der Waals surface area contributed by atoms with Gasteiger partial charge in [-0.1, -0.05) is 24.3 Å². The molecule has 1 unspecified atom stereocenters. The summed E-state index contributed by atoms with van der Waals surface area (Å²) in [5.74, 6) is 0.425. The van der Waals surface area contributed by atoms with Crippen LogP contribution in [0.4, 0.5) is 9.18 Å². The summed E-state index contributed by atoms with van der Waals surface area (Å²) in [6, 6.07) is 13.5. The van der Waals surface area contributed by atoms with Gasteiger partial charge in [-0.25, -0.2) is 9.18 Å². The van der Waals surface area contributed by atoms with Crippen molar-refractivity contribution < 1.29 is 23.8 Å². The number of aliphatic hydroxyl groups excluding tert-OH is 1. The van der Waals surface area contributed by atoms with Gasteiger partial charge in [0.25, 0.3) is 0 Å². The SMILES string of the molecule is COc1ccc([C@H](C)N2CCC(CCCO)(c3ccc(F)cc3)OC2=O)cc1. The van der Waals surface area contributed by atoms with E-state index in [0.717, 1.165) is 16.9 Å². The van der Waals surface area contributed by atoms with Crippen molar-refractivity contribution in [1.82, 2.24) is 4.90 Å². The number of carbonyl (C=O) groups excluding carboxylic acids is 1. The Labute approximate surface area is 164 Å². The molecule has 3 rings (SSSR count). The maximum atomic E-state index is 13.4. The Hall–Kier alpha value is -2.60. The fraction of sp³-hybridized carbons (Fsp3) is 0.409. The Kier molecular flexibility index (Phi) is 6.19. The number of methoxy groups -OCH3 is 1. The van der Waals surface area contributed by atoms with E-state index in [2.05, 4.69) is 0 Å². The summed E-state index contributed by atoms with van der Waals surface area (Å²) >= 11 is 0. The van der Waals surface area contributed by atoms with Gasteiger partial charge in [-0.3, -0.25) is 0 Å². The molecule has 150 valence electrons. The van der Waals surface area contributed by atoms with Gasteiger partial charge >= 0.3 is 6.09 Å². The molecule has 6 heteroatoms. The zero-order valence-corrected chi connectivity index (χ0v) is 16.2. The fourth-order valence-electron chi connectivity index (χ4n) is 3.73. The molecule has 5 nitrogen and oxygen atoms in total. The maximum Gasteiger partial charge on any atom is 0.411 e. The number of carbonyl (C=O) groups is 1. The van der Waals surface area contributed by atoms with Gasteiger partial charge in [-0.05, 0) is 55.2 Å². The van der Waals surface area contributed by atoms with E-state index in [1.807, 2.05) is 31.2 Å². The van der Waals surface area contributed by atoms with E-state index in [9.17, 15) is 14.3 Å². The van der Waals surface area contributed by atoms with Gasteiger partial charge in [0.2, 0.25) is 0 Å². The zero-order chi connectivity index (χ0) is 20.1. The van der Waals surface area contributed by atoms with Crippen LogP contribution in [-0.4, -0.2) is 36.4 Å². The number of aliphatic hydroxyl groups is 1. The number of cyclic esters (lactones) is 1. The van der Waals surface area contributed by atoms with Crippen molar-refractivity contribution in [2.45, 2.75) is 37.8 Å². The van der Waals surface area contributed by atoms with Crippen LogP contribution in [-0.2, 0) is 10.3 Å². The van der Waals surface area contributed by atoms with Gasteiger partial charge in [-0.15, -0.1) is 0 Å². The number of hydrogen-bond acceptors (Lipinski definition) is 4. The lowest BCUT2D eigenvalue weighted by Gasteiger charge is -2.43. The number of ether oxygens (including phenoxy) is 2. The van der Waals surface area contributed by atoms with Crippen LogP contribution in [0.1, 0.15) is 43.4 Å². The Morgan fingerprint density at radius 1 is 1.21 bits per heavy atom. The first-order valence-corrected chi connectivity index (χ1v) is 9.49. The molecule has 0 saturated carbocycles. The lowest BCUT2D eigenvalue weighted by atomic mass is 9.84. The van der Waals surface area contributed by atoms with Crippen molar-refractivity contribution in [3.8, 4) is 5.75 Å². The van der Waals surface area contributed by atoms with Crippen LogP contribution in [0, 0.1) is 5.82 Å². The molecule has 0 bridgehead atoms. The summed E-state index contributed by atoms with van der Waals surface area (Å²) in [4.78, 5) is 14.6. The number of hydrogen-bond donors (Lipinski definition) is 1. The van der Waals surface area contributed by atoms with Crippen molar-refractivity contribution in [2.24, 2.45) is 0 Å². The molecule has 1 heterocycles. The molecule has 2 aromatic carbocycles. The fourth-order valence-corrected chi connectivity index (χ4v) is 3.73. The zero-order valence-electron chi connectivity index (χ0n) is 16.2. The lowest BCUT2D eigenvalue weighted by Crippen LogP contribution is -2.48. The van der Waals surface area contributed by atoms with Crippen LogP contribution in [0.25, 0.3) is 0 Å². The van der Waals surface area contributed by atoms with E-state index < -0.39 is 11.7 Å². The predicted molar refractivity (Wildman–Crippen MR) is 104 cm³/mol. The maximum absolute atomic E-state index is 13.4. The highest BCUT2D eigenvalue weighted by Gasteiger charge is 2.43. The van der Waals surface area contributed by atoms with Gasteiger partial charge in [-0.2, -0.15) is 0 Å². The van der Waals surface area contributed by atoms with Crippen LogP contribution in [0.3, 0.4) is 0 Å². The molecule has 1 fully saturated rings. The van der Waals surface area contributed by atoms with E-state index in [0.29, 0.717) is 25.8 Å². The number of rotatable bonds is 7. The molecule has 0 aromatic heterocycles. The largest absolute Gasteiger partial charge is 0.497 e. The first kappa shape index (κ1) is 20.1. The highest BCUT2D eigenvalue weighted by molar-refractivity contribution is 5.70. The van der Waals surface area contributed by atoms with E-state index in [1.54, 1.807) is 24.1 Å². The molecule has 2 aromatic rings. The van der Waals surface area contributed by atoms with E-state index >= 15 is 0 Å². The third-order valence-corrected chi connectivity index (χ3v) is 5.45. The number of amides is 1. The quantitative estimate of drug-likeness (QED) is 0.765. The van der Waals surface area contributed by atoms with E-state index in [-0.39, 0.29) is 18.5 Å². The normalized spacial score (nSPS) is 20.6. The molecule has 2 atom stereocenters. The summed E-state index contributed by atoms with van der Waals surface area (Å²) in [5.41, 5.74) is 0.902. The van der Waals surface area contributed by atoms with Crippen LogP contribution in [0.5, 0.6) is 5.75 Å². The van der Waals surface area contributed by atoms with Crippen molar-refractivity contribution in [2.75, 3.05) is 20.3 Å². The topological polar surface area (TPSA) is 59.0 Å². The highest BCUT2D eigenvalue weighted by Crippen LogP contribution is 2.40. The summed E-state index contributed by atoms with van der Waals surface area (Å²) in [7, 11) is 1.61. The molecule has 0 spiro atoms. The average Bonchev–Trinajstić information content (AvgIpc) is 2.72. The van der Waals surface area contributed by atoms with Crippen molar-refractivity contribution in [1.29, 1.82) is 0 Å². The second-order valence-electron chi connectivity index (χ2n) is 7.09. The van der Waals surface area contributed by atoms with Gasteiger partial charge in [0.15, 0.2) is 0 Å². The smallest absolute Gasteiger partial charge is 0.411 e. The highest BCUT2D eigenvalue weighted by atomic mass is 19.1. The predicted octanol–water partition coefficient (Wildman–Crippen LogP) is 4.41. The number of halogens is 1. The van der Waals surface area contributed by atoms with Crippen molar-refractivity contribution in [3.63, 3.8) is 0 Å². The molecular weight excluding hydrogens is 361 g/mol. The van der Waals surface area contributed by atoms with E-state index in [1.165, 1.54) is 12.1 Å². The monoisotopic (exact) mass is 387 g/mol. The first-order valence-electron chi connectivity index (χ1n) is 9.49. The van der Waals surface area contributed by atoms with Crippen molar-refractivity contribution in [3.05, 3.63) is 65.5 Å². The van der Waals surface area contributed by atoms with Crippen LogP contribution in [0.2, 0.25) is 0 Å². The van der Waals surface area contributed by atoms with E-state index in [4.69, 9.17) is 9.47 Å². The summed E-state index contributed by atoms with van der Waals surface area (Å²) in [5, 5.41) is 9.28. The minimum atomic E-state index is -0.844. The van der Waals surface area contributed by atoms with Gasteiger partial charge in [0.05, 0.1) is 13.2 Å². The second kappa shape index (κ2) is 8.61. The van der Waals surface area contributed by atoms with Gasteiger partial charge < -0.3 is 19.5 Å². The molecule has 1 N–H and O–H groups in total. The Morgan fingerprint density at radius 3 is 2.46 bits per heavy atom.